The molecule has 0 atom stereocenters. The lowest BCUT2D eigenvalue weighted by atomic mass is 10.1. The highest BCUT2D eigenvalue weighted by Crippen LogP contribution is 2.26. The lowest BCUT2D eigenvalue weighted by Gasteiger charge is -2.22. The Balaban J connectivity index is 2.42. The third-order valence-corrected chi connectivity index (χ3v) is 3.72. The third kappa shape index (κ3) is 2.82. The maximum absolute atomic E-state index is 12.0. The first-order valence-corrected chi connectivity index (χ1v) is 7.00. The second-order valence-electron chi connectivity index (χ2n) is 4.32. The topological polar surface area (TPSA) is 57.6 Å². The van der Waals surface area contributed by atoms with E-state index in [1.165, 1.54) is 0 Å². The van der Waals surface area contributed by atoms with Gasteiger partial charge in [0.05, 0.1) is 11.3 Å². The fourth-order valence-corrected chi connectivity index (χ4v) is 2.64. The van der Waals surface area contributed by atoms with Gasteiger partial charge in [0.15, 0.2) is 0 Å². The van der Waals surface area contributed by atoms with Crippen LogP contribution in [0.4, 0.5) is 5.69 Å². The van der Waals surface area contributed by atoms with E-state index in [1.807, 2.05) is 6.07 Å². The molecule has 0 aliphatic carbocycles. The molecule has 0 radical (unpaired) electrons. The Morgan fingerprint density at radius 2 is 2.06 bits per heavy atom. The summed E-state index contributed by atoms with van der Waals surface area (Å²) in [6.45, 7) is 0.611. The van der Waals surface area contributed by atoms with Crippen LogP contribution in [-0.4, -0.2) is 23.5 Å². The van der Waals surface area contributed by atoms with Crippen LogP contribution >= 0.6 is 22.6 Å². The van der Waals surface area contributed by atoms with Crippen LogP contribution in [-0.2, 0) is 4.79 Å². The summed E-state index contributed by atoms with van der Waals surface area (Å²) in [5.41, 5.74) is 0.729. The van der Waals surface area contributed by atoms with E-state index in [9.17, 15) is 14.7 Å². The normalized spacial score (nSPS) is 16.5. The number of benzene rings is 1. The Labute approximate surface area is 119 Å². The molecule has 5 heteroatoms. The van der Waals surface area contributed by atoms with Crippen LogP contribution in [0.1, 0.15) is 36.0 Å². The summed E-state index contributed by atoms with van der Waals surface area (Å²) in [5, 5.41) is 9.24. The van der Waals surface area contributed by atoms with E-state index in [-0.39, 0.29) is 11.5 Å². The molecule has 2 rings (SSSR count). The van der Waals surface area contributed by atoms with E-state index >= 15 is 0 Å². The molecule has 1 fully saturated rings. The molecule has 18 heavy (non-hydrogen) atoms. The first-order valence-electron chi connectivity index (χ1n) is 5.93. The van der Waals surface area contributed by atoms with Gasteiger partial charge in [-0.2, -0.15) is 0 Å². The Hall–Kier alpha value is -1.11. The van der Waals surface area contributed by atoms with Gasteiger partial charge in [0.1, 0.15) is 0 Å². The number of carbonyl (C=O) groups is 2. The van der Waals surface area contributed by atoms with Gasteiger partial charge in [-0.3, -0.25) is 4.79 Å². The van der Waals surface area contributed by atoms with Crippen molar-refractivity contribution in [3.8, 4) is 0 Å². The first kappa shape index (κ1) is 13.3. The lowest BCUT2D eigenvalue weighted by molar-refractivity contribution is -0.118. The van der Waals surface area contributed by atoms with E-state index in [1.54, 1.807) is 17.0 Å². The molecule has 1 aromatic rings. The maximum Gasteiger partial charge on any atom is 0.337 e. The van der Waals surface area contributed by atoms with Gasteiger partial charge in [0.2, 0.25) is 5.91 Å². The molecule has 1 saturated heterocycles. The van der Waals surface area contributed by atoms with E-state index in [0.29, 0.717) is 18.7 Å². The van der Waals surface area contributed by atoms with Crippen molar-refractivity contribution in [1.29, 1.82) is 0 Å². The molecule has 4 nitrogen and oxygen atoms in total. The number of halogens is 1. The third-order valence-electron chi connectivity index (χ3n) is 3.05. The predicted octanol–water partition coefficient (Wildman–Crippen LogP) is 2.90. The van der Waals surface area contributed by atoms with Gasteiger partial charge in [0.25, 0.3) is 0 Å². The average Bonchev–Trinajstić information content (AvgIpc) is 2.54. The number of nitrogens with zero attached hydrogens (tertiary/aromatic N) is 1. The zero-order valence-electron chi connectivity index (χ0n) is 9.86. The quantitative estimate of drug-likeness (QED) is 0.827. The minimum atomic E-state index is -0.986. The molecular formula is C13H14INO3. The lowest BCUT2D eigenvalue weighted by Crippen LogP contribution is -2.31. The number of aromatic carboxylic acids is 1. The summed E-state index contributed by atoms with van der Waals surface area (Å²) >= 11 is 2.07. The van der Waals surface area contributed by atoms with E-state index < -0.39 is 5.97 Å². The highest BCUT2D eigenvalue weighted by Gasteiger charge is 2.23. The highest BCUT2D eigenvalue weighted by atomic mass is 127. The average molecular weight is 359 g/mol. The fourth-order valence-electron chi connectivity index (χ4n) is 2.15. The van der Waals surface area contributed by atoms with Crippen LogP contribution in [0, 0.1) is 3.57 Å². The summed E-state index contributed by atoms with van der Waals surface area (Å²) in [5.74, 6) is -0.961. The summed E-state index contributed by atoms with van der Waals surface area (Å²) in [4.78, 5) is 24.9. The number of carboxylic acids is 1. The number of carbonyl (C=O) groups excluding carboxylic acids is 1. The van der Waals surface area contributed by atoms with Gasteiger partial charge in [-0.05, 0) is 53.6 Å². The SMILES string of the molecule is O=C(O)c1cc(I)ccc1N1CCCCCC1=O. The van der Waals surface area contributed by atoms with Crippen LogP contribution in [0.15, 0.2) is 18.2 Å². The molecule has 1 aromatic carbocycles. The van der Waals surface area contributed by atoms with Gasteiger partial charge >= 0.3 is 5.97 Å². The molecular weight excluding hydrogens is 345 g/mol. The second kappa shape index (κ2) is 5.69. The molecule has 96 valence electrons. The molecule has 0 saturated carbocycles. The molecule has 1 aliphatic heterocycles. The Kier molecular flexibility index (Phi) is 4.21. The predicted molar refractivity (Wildman–Crippen MR) is 76.9 cm³/mol. The smallest absolute Gasteiger partial charge is 0.337 e. The summed E-state index contributed by atoms with van der Waals surface area (Å²) in [7, 11) is 0. The molecule has 0 spiro atoms. The number of carboxylic acid groups (broad SMARTS) is 1. The maximum atomic E-state index is 12.0. The van der Waals surface area contributed by atoms with Gasteiger partial charge in [-0.15, -0.1) is 0 Å². The number of anilines is 1. The molecule has 0 bridgehead atoms. The van der Waals surface area contributed by atoms with Crippen LogP contribution in [0.2, 0.25) is 0 Å². The molecule has 0 aromatic heterocycles. The van der Waals surface area contributed by atoms with E-state index in [0.717, 1.165) is 22.8 Å². The van der Waals surface area contributed by atoms with Crippen molar-refractivity contribution in [3.63, 3.8) is 0 Å². The zero-order valence-corrected chi connectivity index (χ0v) is 12.0. The molecule has 0 unspecified atom stereocenters. The summed E-state index contributed by atoms with van der Waals surface area (Å²) in [6.07, 6.45) is 3.35. The van der Waals surface area contributed by atoms with Crippen LogP contribution in [0.25, 0.3) is 0 Å². The van der Waals surface area contributed by atoms with E-state index in [2.05, 4.69) is 22.6 Å². The van der Waals surface area contributed by atoms with Gasteiger partial charge < -0.3 is 10.0 Å². The van der Waals surface area contributed by atoms with Gasteiger partial charge in [-0.25, -0.2) is 4.79 Å². The van der Waals surface area contributed by atoms with Crippen LogP contribution < -0.4 is 4.90 Å². The molecule has 1 N–H and O–H groups in total. The minimum absolute atomic E-state index is 0.0243. The Morgan fingerprint density at radius 3 is 2.78 bits per heavy atom. The van der Waals surface area contributed by atoms with Gasteiger partial charge in [-0.1, -0.05) is 6.42 Å². The van der Waals surface area contributed by atoms with Crippen molar-refractivity contribution >= 4 is 40.2 Å². The number of amides is 1. The minimum Gasteiger partial charge on any atom is -0.478 e. The first-order chi connectivity index (χ1) is 8.59. The molecule has 1 heterocycles. The zero-order chi connectivity index (χ0) is 13.1. The molecule has 1 amide bonds. The van der Waals surface area contributed by atoms with E-state index in [4.69, 9.17) is 0 Å². The van der Waals surface area contributed by atoms with Gasteiger partial charge in [0, 0.05) is 16.5 Å². The van der Waals surface area contributed by atoms with Crippen LogP contribution in [0.5, 0.6) is 0 Å². The Bertz CT molecular complexity index is 487. The molecule has 1 aliphatic rings. The number of rotatable bonds is 2. The van der Waals surface area contributed by atoms with Crippen molar-refractivity contribution in [2.24, 2.45) is 0 Å². The fraction of sp³-hybridized carbons (Fsp3) is 0.385. The van der Waals surface area contributed by atoms with Crippen LogP contribution in [0.3, 0.4) is 0 Å². The second-order valence-corrected chi connectivity index (χ2v) is 5.57. The monoisotopic (exact) mass is 359 g/mol. The summed E-state index contributed by atoms with van der Waals surface area (Å²) in [6, 6.07) is 5.17. The number of hydrogen-bond donors (Lipinski definition) is 1. The largest absolute Gasteiger partial charge is 0.478 e. The standard InChI is InChI=1S/C13H14INO3/c14-9-5-6-11(10(8-9)13(17)18)15-7-3-1-2-4-12(15)16/h5-6,8H,1-4,7H2,(H,17,18). The van der Waals surface area contributed by atoms with Crippen molar-refractivity contribution < 1.29 is 14.7 Å². The number of hydrogen-bond acceptors (Lipinski definition) is 2. The van der Waals surface area contributed by atoms with Crippen molar-refractivity contribution in [3.05, 3.63) is 27.3 Å². The van der Waals surface area contributed by atoms with Crippen molar-refractivity contribution in [1.82, 2.24) is 0 Å². The Morgan fingerprint density at radius 1 is 1.28 bits per heavy atom. The summed E-state index contributed by atoms with van der Waals surface area (Å²) < 4.78 is 0.857. The van der Waals surface area contributed by atoms with Crippen molar-refractivity contribution in [2.45, 2.75) is 25.7 Å². The van der Waals surface area contributed by atoms with Crippen molar-refractivity contribution in [2.75, 3.05) is 11.4 Å². The highest BCUT2D eigenvalue weighted by molar-refractivity contribution is 14.1.